The highest BCUT2D eigenvalue weighted by Crippen LogP contribution is 2.09. The van der Waals surface area contributed by atoms with Gasteiger partial charge in [0.25, 0.3) is 0 Å². The SMILES string of the molecule is O=[C]Nc1cc(CCl)on1. The van der Waals surface area contributed by atoms with Gasteiger partial charge in [-0.05, 0) is 0 Å². The summed E-state index contributed by atoms with van der Waals surface area (Å²) in [5, 5.41) is 5.64. The number of nitrogens with zero attached hydrogens (tertiary/aromatic N) is 1. The summed E-state index contributed by atoms with van der Waals surface area (Å²) in [6, 6.07) is 1.53. The third-order valence-corrected chi connectivity index (χ3v) is 1.13. The number of nitrogens with one attached hydrogen (secondary N) is 1. The predicted molar refractivity (Wildman–Crippen MR) is 35.4 cm³/mol. The van der Waals surface area contributed by atoms with Gasteiger partial charge in [0.05, 0.1) is 5.88 Å². The van der Waals surface area contributed by atoms with Crippen molar-refractivity contribution in [3.8, 4) is 0 Å². The fourth-order valence-corrected chi connectivity index (χ4v) is 0.613. The fraction of sp³-hybridized carbons (Fsp3) is 0.200. The van der Waals surface area contributed by atoms with Gasteiger partial charge in [0.1, 0.15) is 0 Å². The van der Waals surface area contributed by atoms with Crippen LogP contribution >= 0.6 is 11.6 Å². The molecule has 1 amide bonds. The molecule has 1 radical (unpaired) electrons. The maximum atomic E-state index is 9.72. The van der Waals surface area contributed by atoms with Crippen molar-refractivity contribution in [3.05, 3.63) is 11.8 Å². The minimum Gasteiger partial charge on any atom is -0.358 e. The first-order valence-corrected chi connectivity index (χ1v) is 3.05. The first-order chi connectivity index (χ1) is 4.86. The molecule has 0 fully saturated rings. The van der Waals surface area contributed by atoms with E-state index in [9.17, 15) is 4.79 Å². The summed E-state index contributed by atoms with van der Waals surface area (Å²) in [6.45, 7) is 0. The van der Waals surface area contributed by atoms with E-state index in [1.54, 1.807) is 0 Å². The van der Waals surface area contributed by atoms with Gasteiger partial charge in [-0.3, -0.25) is 10.1 Å². The second-order valence-corrected chi connectivity index (χ2v) is 1.81. The van der Waals surface area contributed by atoms with Crippen LogP contribution in [0.3, 0.4) is 0 Å². The standard InChI is InChI=1S/C5H4ClN2O2/c6-2-4-1-5(7-3-9)8-10-4/h1H,2H2,(H,7,8,9). The third-order valence-electron chi connectivity index (χ3n) is 0.870. The molecule has 5 heteroatoms. The van der Waals surface area contributed by atoms with Crippen molar-refractivity contribution >= 4 is 23.8 Å². The Morgan fingerprint density at radius 1 is 1.90 bits per heavy atom. The summed E-state index contributed by atoms with van der Waals surface area (Å²) in [4.78, 5) is 9.72. The van der Waals surface area contributed by atoms with E-state index in [1.807, 2.05) is 0 Å². The lowest BCUT2D eigenvalue weighted by atomic mass is 10.5. The van der Waals surface area contributed by atoms with Gasteiger partial charge in [0, 0.05) is 6.07 Å². The molecule has 0 aliphatic heterocycles. The number of rotatable bonds is 3. The molecular weight excluding hydrogens is 156 g/mol. The number of alkyl halides is 1. The Morgan fingerprint density at radius 3 is 3.20 bits per heavy atom. The lowest BCUT2D eigenvalue weighted by molar-refractivity contribution is 0.397. The molecule has 0 saturated carbocycles. The quantitative estimate of drug-likeness (QED) is 0.527. The van der Waals surface area contributed by atoms with E-state index in [0.717, 1.165) is 0 Å². The topological polar surface area (TPSA) is 55.1 Å². The van der Waals surface area contributed by atoms with Crippen molar-refractivity contribution in [2.24, 2.45) is 0 Å². The summed E-state index contributed by atoms with van der Waals surface area (Å²) in [5.41, 5.74) is 0. The molecule has 1 aromatic rings. The number of aromatic nitrogens is 1. The van der Waals surface area contributed by atoms with E-state index in [-0.39, 0.29) is 5.88 Å². The molecule has 0 spiro atoms. The highest BCUT2D eigenvalue weighted by Gasteiger charge is 2.00. The molecule has 1 aromatic heterocycles. The van der Waals surface area contributed by atoms with Crippen molar-refractivity contribution in [1.82, 2.24) is 5.16 Å². The Labute approximate surface area is 62.1 Å². The Bertz CT molecular complexity index is 223. The van der Waals surface area contributed by atoms with Crippen LogP contribution in [0, 0.1) is 0 Å². The molecule has 0 unspecified atom stereocenters. The second kappa shape index (κ2) is 3.22. The largest absolute Gasteiger partial charge is 0.358 e. The number of carbonyl (C=O) groups excluding carboxylic acids is 1. The zero-order chi connectivity index (χ0) is 7.40. The van der Waals surface area contributed by atoms with E-state index >= 15 is 0 Å². The van der Waals surface area contributed by atoms with Gasteiger partial charge < -0.3 is 4.52 Å². The fourth-order valence-electron chi connectivity index (χ4n) is 0.487. The van der Waals surface area contributed by atoms with Crippen molar-refractivity contribution in [1.29, 1.82) is 0 Å². The van der Waals surface area contributed by atoms with Crippen molar-refractivity contribution < 1.29 is 9.32 Å². The zero-order valence-electron chi connectivity index (χ0n) is 4.93. The van der Waals surface area contributed by atoms with Gasteiger partial charge >= 0.3 is 6.41 Å². The maximum absolute atomic E-state index is 9.72. The minimum absolute atomic E-state index is 0.244. The van der Waals surface area contributed by atoms with Crippen molar-refractivity contribution in [2.45, 2.75) is 5.88 Å². The minimum atomic E-state index is 0.244. The van der Waals surface area contributed by atoms with E-state index in [4.69, 9.17) is 11.6 Å². The van der Waals surface area contributed by atoms with Gasteiger partial charge in [-0.1, -0.05) is 5.16 Å². The number of anilines is 1. The number of halogens is 1. The summed E-state index contributed by atoms with van der Waals surface area (Å²) >= 11 is 5.38. The molecule has 53 valence electrons. The van der Waals surface area contributed by atoms with Crippen LogP contribution in [0.15, 0.2) is 10.6 Å². The molecule has 0 bridgehead atoms. The van der Waals surface area contributed by atoms with Gasteiger partial charge in [-0.15, -0.1) is 11.6 Å². The third kappa shape index (κ3) is 1.48. The first kappa shape index (κ1) is 7.08. The van der Waals surface area contributed by atoms with Gasteiger partial charge in [0.2, 0.25) is 0 Å². The Hall–Kier alpha value is -1.03. The van der Waals surface area contributed by atoms with Crippen LogP contribution < -0.4 is 5.32 Å². The second-order valence-electron chi connectivity index (χ2n) is 1.54. The van der Waals surface area contributed by atoms with E-state index < -0.39 is 0 Å². The molecule has 0 atom stereocenters. The summed E-state index contributed by atoms with van der Waals surface area (Å²) in [6.07, 6.45) is 1.46. The van der Waals surface area contributed by atoms with Gasteiger partial charge in [0.15, 0.2) is 11.6 Å². The highest BCUT2D eigenvalue weighted by molar-refractivity contribution is 6.16. The van der Waals surface area contributed by atoms with E-state index in [1.165, 1.54) is 12.5 Å². The van der Waals surface area contributed by atoms with Crippen molar-refractivity contribution in [2.75, 3.05) is 5.32 Å². The van der Waals surface area contributed by atoms with Crippen LogP contribution in [-0.4, -0.2) is 11.6 Å². The number of hydrogen-bond acceptors (Lipinski definition) is 3. The normalized spacial score (nSPS) is 9.30. The van der Waals surface area contributed by atoms with Crippen LogP contribution in [0.4, 0.5) is 5.82 Å². The highest BCUT2D eigenvalue weighted by atomic mass is 35.5. The van der Waals surface area contributed by atoms with Gasteiger partial charge in [-0.25, -0.2) is 0 Å². The smallest absolute Gasteiger partial charge is 0.315 e. The summed E-state index contributed by atoms with van der Waals surface area (Å²) < 4.78 is 4.64. The van der Waals surface area contributed by atoms with Crippen LogP contribution in [-0.2, 0) is 10.7 Å². The predicted octanol–water partition coefficient (Wildman–Crippen LogP) is 0.892. The molecule has 0 aliphatic rings. The molecular formula is C5H4ClN2O2. The van der Waals surface area contributed by atoms with Crippen molar-refractivity contribution in [3.63, 3.8) is 0 Å². The monoisotopic (exact) mass is 159 g/mol. The summed E-state index contributed by atoms with van der Waals surface area (Å²) in [7, 11) is 0. The summed E-state index contributed by atoms with van der Waals surface area (Å²) in [5.74, 6) is 1.08. The number of amides is 1. The van der Waals surface area contributed by atoms with Crippen LogP contribution in [0.25, 0.3) is 0 Å². The molecule has 1 heterocycles. The molecule has 4 nitrogen and oxygen atoms in total. The average Bonchev–Trinajstić information content (AvgIpc) is 2.37. The van der Waals surface area contributed by atoms with E-state index in [0.29, 0.717) is 11.6 Å². The lowest BCUT2D eigenvalue weighted by Crippen LogP contribution is -1.92. The average molecular weight is 160 g/mol. The van der Waals surface area contributed by atoms with Crippen LogP contribution in [0.5, 0.6) is 0 Å². The Balaban J connectivity index is 2.67. The maximum Gasteiger partial charge on any atom is 0.315 e. The molecule has 0 aliphatic carbocycles. The molecule has 0 saturated heterocycles. The van der Waals surface area contributed by atoms with Crippen LogP contribution in [0.1, 0.15) is 5.76 Å². The number of hydrogen-bond donors (Lipinski definition) is 1. The lowest BCUT2D eigenvalue weighted by Gasteiger charge is -1.80. The van der Waals surface area contributed by atoms with Crippen LogP contribution in [0.2, 0.25) is 0 Å². The Morgan fingerprint density at radius 2 is 2.70 bits per heavy atom. The van der Waals surface area contributed by atoms with E-state index in [2.05, 4.69) is 15.0 Å². The Kier molecular flexibility index (Phi) is 2.28. The molecule has 0 aromatic carbocycles. The molecule has 1 rings (SSSR count). The molecule has 10 heavy (non-hydrogen) atoms. The molecule has 1 N–H and O–H groups in total. The first-order valence-electron chi connectivity index (χ1n) is 2.51. The zero-order valence-corrected chi connectivity index (χ0v) is 5.68. The van der Waals surface area contributed by atoms with Gasteiger partial charge in [-0.2, -0.15) is 0 Å².